The van der Waals surface area contributed by atoms with Crippen LogP contribution >= 0.6 is 0 Å². The molecule has 0 radical (unpaired) electrons. The Morgan fingerprint density at radius 2 is 0.583 bits per heavy atom. The first kappa shape index (κ1) is 29.0. The third-order valence-electron chi connectivity index (χ3n) is 8.42. The SMILES string of the molecule is c1ccc(C2=NC(c3ccccc3)N=C(c3ccccc3-c3ccccc3C3=NC(c4ccccc4)N=C(c4ccccc4)N3)N2)cc1. The van der Waals surface area contributed by atoms with Crippen LogP contribution in [0.15, 0.2) is 190 Å². The number of nitrogens with one attached hydrogen (secondary N) is 2. The maximum absolute atomic E-state index is 5.18. The molecular formula is C42H32N6. The molecular weight excluding hydrogens is 589 g/mol. The van der Waals surface area contributed by atoms with Crippen LogP contribution in [0.5, 0.6) is 0 Å². The maximum atomic E-state index is 5.18. The van der Waals surface area contributed by atoms with Crippen LogP contribution in [0, 0.1) is 0 Å². The molecule has 6 nitrogen and oxygen atoms in total. The van der Waals surface area contributed by atoms with Gasteiger partial charge in [0.05, 0.1) is 0 Å². The Hall–Kier alpha value is -6.40. The normalized spacial score (nSPS) is 17.2. The summed E-state index contributed by atoms with van der Waals surface area (Å²) >= 11 is 0. The fourth-order valence-corrected chi connectivity index (χ4v) is 6.06. The van der Waals surface area contributed by atoms with Gasteiger partial charge in [-0.25, -0.2) is 20.0 Å². The van der Waals surface area contributed by atoms with Gasteiger partial charge in [0.15, 0.2) is 12.3 Å². The van der Waals surface area contributed by atoms with E-state index < -0.39 is 0 Å². The smallest absolute Gasteiger partial charge is 0.169 e. The molecule has 0 aromatic heterocycles. The molecule has 230 valence electrons. The Morgan fingerprint density at radius 3 is 0.958 bits per heavy atom. The Labute approximate surface area is 280 Å². The maximum Gasteiger partial charge on any atom is 0.169 e. The van der Waals surface area contributed by atoms with Gasteiger partial charge in [-0.15, -0.1) is 0 Å². The quantitative estimate of drug-likeness (QED) is 0.188. The number of benzene rings is 6. The summed E-state index contributed by atoms with van der Waals surface area (Å²) in [6.07, 6.45) is -0.775. The van der Waals surface area contributed by atoms with Crippen molar-refractivity contribution in [1.29, 1.82) is 0 Å². The highest BCUT2D eigenvalue weighted by molar-refractivity contribution is 6.20. The van der Waals surface area contributed by atoms with Crippen LogP contribution in [0.4, 0.5) is 0 Å². The van der Waals surface area contributed by atoms with Gasteiger partial charge in [-0.2, -0.15) is 0 Å². The second-order valence-electron chi connectivity index (χ2n) is 11.6. The van der Waals surface area contributed by atoms with Gasteiger partial charge in [-0.3, -0.25) is 0 Å². The minimum Gasteiger partial charge on any atom is -0.324 e. The van der Waals surface area contributed by atoms with Crippen LogP contribution in [-0.2, 0) is 0 Å². The molecule has 2 atom stereocenters. The summed E-state index contributed by atoms with van der Waals surface area (Å²) in [5.41, 5.74) is 8.08. The van der Waals surface area contributed by atoms with E-state index in [9.17, 15) is 0 Å². The fraction of sp³-hybridized carbons (Fsp3) is 0.0476. The second-order valence-corrected chi connectivity index (χ2v) is 11.6. The lowest BCUT2D eigenvalue weighted by molar-refractivity contribution is 0.755. The number of amidine groups is 4. The van der Waals surface area contributed by atoms with Gasteiger partial charge in [-0.05, 0) is 22.3 Å². The molecule has 2 heterocycles. The number of aliphatic imine (C=N–C) groups is 4. The highest BCUT2D eigenvalue weighted by Crippen LogP contribution is 2.32. The second kappa shape index (κ2) is 13.1. The first-order valence-corrected chi connectivity index (χ1v) is 16.1. The summed E-state index contributed by atoms with van der Waals surface area (Å²) < 4.78 is 0. The van der Waals surface area contributed by atoms with Crippen molar-refractivity contribution in [2.24, 2.45) is 20.0 Å². The lowest BCUT2D eigenvalue weighted by Gasteiger charge is -2.25. The summed E-state index contributed by atoms with van der Waals surface area (Å²) in [7, 11) is 0. The number of nitrogens with zero attached hydrogens (tertiary/aromatic N) is 4. The van der Waals surface area contributed by atoms with Crippen LogP contribution < -0.4 is 10.6 Å². The van der Waals surface area contributed by atoms with Crippen molar-refractivity contribution in [2.75, 3.05) is 0 Å². The molecule has 8 rings (SSSR count). The van der Waals surface area contributed by atoms with E-state index in [1.807, 2.05) is 72.8 Å². The van der Waals surface area contributed by atoms with Gasteiger partial charge in [0.2, 0.25) is 0 Å². The third kappa shape index (κ3) is 5.95. The molecule has 2 aliphatic heterocycles. The van der Waals surface area contributed by atoms with Gasteiger partial charge in [0.1, 0.15) is 23.3 Å². The molecule has 0 aliphatic carbocycles. The van der Waals surface area contributed by atoms with E-state index in [1.54, 1.807) is 0 Å². The predicted molar refractivity (Wildman–Crippen MR) is 196 cm³/mol. The Morgan fingerprint density at radius 1 is 0.292 bits per heavy atom. The zero-order chi connectivity index (χ0) is 32.1. The van der Waals surface area contributed by atoms with E-state index in [4.69, 9.17) is 20.0 Å². The molecule has 0 bridgehead atoms. The van der Waals surface area contributed by atoms with Gasteiger partial charge in [0.25, 0.3) is 0 Å². The lowest BCUT2D eigenvalue weighted by atomic mass is 9.93. The number of rotatable bonds is 7. The summed E-state index contributed by atoms with van der Waals surface area (Å²) in [5.74, 6) is 3.08. The average Bonchev–Trinajstić information content (AvgIpc) is 3.19. The lowest BCUT2D eigenvalue weighted by Crippen LogP contribution is -2.37. The highest BCUT2D eigenvalue weighted by Gasteiger charge is 2.25. The fourth-order valence-electron chi connectivity index (χ4n) is 6.06. The topological polar surface area (TPSA) is 73.5 Å². The summed E-state index contributed by atoms with van der Waals surface area (Å²) in [4.78, 5) is 20.4. The molecule has 0 spiro atoms. The highest BCUT2D eigenvalue weighted by atomic mass is 15.2. The van der Waals surface area contributed by atoms with Crippen molar-refractivity contribution in [3.63, 3.8) is 0 Å². The van der Waals surface area contributed by atoms with Gasteiger partial charge in [-0.1, -0.05) is 170 Å². The van der Waals surface area contributed by atoms with Crippen molar-refractivity contribution in [3.05, 3.63) is 203 Å². The molecule has 2 N–H and O–H groups in total. The van der Waals surface area contributed by atoms with Gasteiger partial charge >= 0.3 is 0 Å². The van der Waals surface area contributed by atoms with Crippen LogP contribution in [0.3, 0.4) is 0 Å². The van der Waals surface area contributed by atoms with E-state index in [2.05, 4.69) is 108 Å². The van der Waals surface area contributed by atoms with Crippen molar-refractivity contribution in [2.45, 2.75) is 12.3 Å². The third-order valence-corrected chi connectivity index (χ3v) is 8.42. The Kier molecular flexibility index (Phi) is 7.95. The summed E-state index contributed by atoms with van der Waals surface area (Å²) in [5, 5.41) is 7.17. The first-order valence-electron chi connectivity index (χ1n) is 16.1. The molecule has 6 aromatic rings. The minimum absolute atomic E-state index is 0.387. The van der Waals surface area contributed by atoms with E-state index in [-0.39, 0.29) is 12.3 Å². The van der Waals surface area contributed by atoms with Crippen LogP contribution in [-0.4, -0.2) is 23.3 Å². The standard InChI is InChI=1S/C42H32N6/c1-5-17-29(18-6-1)37-43-38(30-19-7-2-8-20-30)46-41(45-37)35-27-15-13-25-33(35)34-26-14-16-28-36(34)42-47-39(31-21-9-3-10-22-31)44-40(48-42)32-23-11-4-12-24-32/h1-28,37,39H,(H,43,45,46)(H,44,47,48). The van der Waals surface area contributed by atoms with Gasteiger partial charge < -0.3 is 10.6 Å². The molecule has 0 saturated carbocycles. The molecule has 48 heavy (non-hydrogen) atoms. The van der Waals surface area contributed by atoms with E-state index in [0.717, 1.165) is 67.9 Å². The molecule has 0 amide bonds. The van der Waals surface area contributed by atoms with E-state index in [0.29, 0.717) is 0 Å². The van der Waals surface area contributed by atoms with E-state index >= 15 is 0 Å². The number of hydrogen-bond donors (Lipinski definition) is 2. The minimum atomic E-state index is -0.387. The number of hydrogen-bond acceptors (Lipinski definition) is 6. The summed E-state index contributed by atoms with van der Waals surface area (Å²) in [6, 6.07) is 57.7. The van der Waals surface area contributed by atoms with Crippen molar-refractivity contribution >= 4 is 23.3 Å². The zero-order valence-electron chi connectivity index (χ0n) is 26.1. The molecule has 2 unspecified atom stereocenters. The van der Waals surface area contributed by atoms with Gasteiger partial charge in [0, 0.05) is 22.3 Å². The monoisotopic (exact) mass is 620 g/mol. The van der Waals surface area contributed by atoms with Crippen molar-refractivity contribution in [3.8, 4) is 11.1 Å². The molecule has 0 fully saturated rings. The van der Waals surface area contributed by atoms with Crippen LogP contribution in [0.25, 0.3) is 11.1 Å². The largest absolute Gasteiger partial charge is 0.324 e. The Bertz CT molecular complexity index is 2010. The average molecular weight is 621 g/mol. The Balaban J connectivity index is 1.23. The van der Waals surface area contributed by atoms with Crippen LogP contribution in [0.1, 0.15) is 45.7 Å². The summed E-state index contributed by atoms with van der Waals surface area (Å²) in [6.45, 7) is 0. The molecule has 2 aliphatic rings. The molecule has 6 aromatic carbocycles. The molecule has 6 heteroatoms. The van der Waals surface area contributed by atoms with Crippen LogP contribution in [0.2, 0.25) is 0 Å². The predicted octanol–water partition coefficient (Wildman–Crippen LogP) is 8.34. The van der Waals surface area contributed by atoms with Crippen molar-refractivity contribution in [1.82, 2.24) is 10.6 Å². The first-order chi connectivity index (χ1) is 23.8. The molecule has 0 saturated heterocycles. The van der Waals surface area contributed by atoms with Crippen molar-refractivity contribution < 1.29 is 0 Å². The van der Waals surface area contributed by atoms with E-state index in [1.165, 1.54) is 0 Å². The zero-order valence-corrected chi connectivity index (χ0v) is 26.1.